The first-order valence-corrected chi connectivity index (χ1v) is 14.2. The Labute approximate surface area is 257 Å². The molecule has 1 aliphatic rings. The van der Waals surface area contributed by atoms with E-state index in [0.29, 0.717) is 43.9 Å². The number of rotatable bonds is 9. The van der Waals surface area contributed by atoms with Crippen LogP contribution < -0.4 is 9.47 Å². The lowest BCUT2D eigenvalue weighted by Gasteiger charge is -2.16. The van der Waals surface area contributed by atoms with E-state index in [1.165, 1.54) is 31.0 Å². The van der Waals surface area contributed by atoms with Crippen molar-refractivity contribution < 1.29 is 24.2 Å². The van der Waals surface area contributed by atoms with Crippen LogP contribution in [-0.2, 0) is 17.9 Å². The van der Waals surface area contributed by atoms with Gasteiger partial charge in [0.15, 0.2) is 16.7 Å². The standard InChI is InChI=1S/C33H24ClN3O5S/c1-41-28-16-22(15-27(34)30(28)42-20-25-8-6-5-7-24(25)18-35)17-29-31(38)37(19-21-11-13-23(14-12-21)32(39)40)33(43-29)36-26-9-3-2-4-10-26/h2-17H,19-20H2,1H3,(H,39,40)/b29-17-,36-33?. The molecule has 0 spiro atoms. The van der Waals surface area contributed by atoms with Gasteiger partial charge in [0.2, 0.25) is 0 Å². The number of nitrogens with zero attached hydrogens (tertiary/aromatic N) is 3. The van der Waals surface area contributed by atoms with Crippen molar-refractivity contribution in [2.24, 2.45) is 4.99 Å². The van der Waals surface area contributed by atoms with Crippen molar-refractivity contribution in [3.05, 3.63) is 129 Å². The van der Waals surface area contributed by atoms with Gasteiger partial charge in [0, 0.05) is 5.56 Å². The Morgan fingerprint density at radius 2 is 1.79 bits per heavy atom. The van der Waals surface area contributed by atoms with Crippen LogP contribution in [0.3, 0.4) is 0 Å². The van der Waals surface area contributed by atoms with E-state index in [0.717, 1.165) is 5.56 Å². The maximum Gasteiger partial charge on any atom is 0.335 e. The molecule has 0 atom stereocenters. The van der Waals surface area contributed by atoms with E-state index in [2.05, 4.69) is 6.07 Å². The number of methoxy groups -OCH3 is 1. The van der Waals surface area contributed by atoms with Gasteiger partial charge in [-0.2, -0.15) is 5.26 Å². The summed E-state index contributed by atoms with van der Waals surface area (Å²) in [5, 5.41) is 19.4. The molecule has 0 unspecified atom stereocenters. The second kappa shape index (κ2) is 13.3. The number of ether oxygens (including phenoxy) is 2. The first-order chi connectivity index (χ1) is 20.9. The number of aromatic carboxylic acids is 1. The van der Waals surface area contributed by atoms with Crippen molar-refractivity contribution in [1.29, 1.82) is 5.26 Å². The number of thioether (sulfide) groups is 1. The molecule has 4 aromatic carbocycles. The van der Waals surface area contributed by atoms with Gasteiger partial charge in [0.1, 0.15) is 6.61 Å². The van der Waals surface area contributed by atoms with Gasteiger partial charge in [-0.05, 0) is 71.4 Å². The van der Waals surface area contributed by atoms with Crippen LogP contribution in [-0.4, -0.2) is 34.2 Å². The second-order valence-corrected chi connectivity index (χ2v) is 10.7. The number of carbonyl (C=O) groups is 2. The number of halogens is 1. The SMILES string of the molecule is COc1cc(/C=C2\SC(=Nc3ccccc3)N(Cc3ccc(C(=O)O)cc3)C2=O)cc(Cl)c1OCc1ccccc1C#N. The minimum Gasteiger partial charge on any atom is -0.493 e. The molecular weight excluding hydrogens is 586 g/mol. The van der Waals surface area contributed by atoms with Crippen molar-refractivity contribution in [3.63, 3.8) is 0 Å². The number of carboxylic acids is 1. The molecule has 1 saturated heterocycles. The lowest BCUT2D eigenvalue weighted by Crippen LogP contribution is -2.28. The average Bonchev–Trinajstić information content (AvgIpc) is 3.29. The zero-order valence-electron chi connectivity index (χ0n) is 22.9. The summed E-state index contributed by atoms with van der Waals surface area (Å²) in [6, 6.07) is 28.4. The molecule has 0 aliphatic carbocycles. The van der Waals surface area contributed by atoms with Crippen molar-refractivity contribution in [2.45, 2.75) is 13.2 Å². The Morgan fingerprint density at radius 1 is 1.07 bits per heavy atom. The number of amides is 1. The Hall–Kier alpha value is -5.04. The third kappa shape index (κ3) is 6.89. The molecular formula is C33H24ClN3O5S. The van der Waals surface area contributed by atoms with E-state index in [9.17, 15) is 20.0 Å². The second-order valence-electron chi connectivity index (χ2n) is 9.33. The molecule has 1 heterocycles. The molecule has 10 heteroatoms. The third-order valence-electron chi connectivity index (χ3n) is 6.47. The molecule has 1 fully saturated rings. The maximum absolute atomic E-state index is 13.7. The van der Waals surface area contributed by atoms with Crippen molar-refractivity contribution in [2.75, 3.05) is 7.11 Å². The fourth-order valence-corrected chi connectivity index (χ4v) is 5.57. The molecule has 4 aromatic rings. The highest BCUT2D eigenvalue weighted by Gasteiger charge is 2.33. The van der Waals surface area contributed by atoms with Gasteiger partial charge < -0.3 is 14.6 Å². The highest BCUT2D eigenvalue weighted by Crippen LogP contribution is 2.40. The topological polar surface area (TPSA) is 112 Å². The lowest BCUT2D eigenvalue weighted by molar-refractivity contribution is -0.122. The monoisotopic (exact) mass is 609 g/mol. The van der Waals surface area contributed by atoms with Gasteiger partial charge in [0.05, 0.1) is 46.5 Å². The van der Waals surface area contributed by atoms with E-state index >= 15 is 0 Å². The summed E-state index contributed by atoms with van der Waals surface area (Å²) in [6.45, 7) is 0.325. The van der Waals surface area contributed by atoms with E-state index in [1.807, 2.05) is 42.5 Å². The highest BCUT2D eigenvalue weighted by molar-refractivity contribution is 8.18. The number of carbonyl (C=O) groups excluding carboxylic acids is 1. The van der Waals surface area contributed by atoms with E-state index in [4.69, 9.17) is 26.1 Å². The molecule has 214 valence electrons. The molecule has 0 bridgehead atoms. The number of nitriles is 1. The molecule has 0 saturated carbocycles. The maximum atomic E-state index is 13.7. The Kier molecular flexibility index (Phi) is 9.11. The van der Waals surface area contributed by atoms with Gasteiger partial charge >= 0.3 is 5.97 Å². The molecule has 1 amide bonds. The number of hydrogen-bond acceptors (Lipinski definition) is 7. The van der Waals surface area contributed by atoms with Crippen LogP contribution in [0.5, 0.6) is 11.5 Å². The number of aliphatic imine (C=N–C) groups is 1. The Balaban J connectivity index is 1.44. The molecule has 0 aromatic heterocycles. The number of benzene rings is 4. The van der Waals surface area contributed by atoms with Crippen LogP contribution >= 0.6 is 23.4 Å². The van der Waals surface area contributed by atoms with Crippen molar-refractivity contribution in [1.82, 2.24) is 4.90 Å². The Morgan fingerprint density at radius 3 is 2.49 bits per heavy atom. The third-order valence-corrected chi connectivity index (χ3v) is 7.76. The molecule has 1 N–H and O–H groups in total. The molecule has 5 rings (SSSR count). The number of carboxylic acid groups (broad SMARTS) is 1. The quantitative estimate of drug-likeness (QED) is 0.198. The summed E-state index contributed by atoms with van der Waals surface area (Å²) in [7, 11) is 1.50. The molecule has 0 radical (unpaired) electrons. The lowest BCUT2D eigenvalue weighted by atomic mass is 10.1. The molecule has 1 aliphatic heterocycles. The molecule has 8 nitrogen and oxygen atoms in total. The van der Waals surface area contributed by atoms with Gasteiger partial charge in [0.25, 0.3) is 5.91 Å². The minimum atomic E-state index is -1.02. The zero-order chi connectivity index (χ0) is 30.3. The van der Waals surface area contributed by atoms with E-state index < -0.39 is 5.97 Å². The highest BCUT2D eigenvalue weighted by atomic mass is 35.5. The normalized spacial score (nSPS) is 14.6. The fraction of sp³-hybridized carbons (Fsp3) is 0.0909. The number of amidine groups is 1. The van der Waals surface area contributed by atoms with Crippen LogP contribution in [0.25, 0.3) is 6.08 Å². The fourth-order valence-electron chi connectivity index (χ4n) is 4.30. The first kappa shape index (κ1) is 29.5. The average molecular weight is 610 g/mol. The number of para-hydroxylation sites is 1. The first-order valence-electron chi connectivity index (χ1n) is 13.0. The minimum absolute atomic E-state index is 0.121. The van der Waals surface area contributed by atoms with E-state index in [-0.39, 0.29) is 29.6 Å². The zero-order valence-corrected chi connectivity index (χ0v) is 24.4. The van der Waals surface area contributed by atoms with Gasteiger partial charge in [-0.25, -0.2) is 9.79 Å². The van der Waals surface area contributed by atoms with Crippen LogP contribution in [0.4, 0.5) is 5.69 Å². The van der Waals surface area contributed by atoms with Crippen molar-refractivity contribution >= 4 is 52.2 Å². The van der Waals surface area contributed by atoms with Crippen LogP contribution in [0.1, 0.15) is 32.6 Å². The summed E-state index contributed by atoms with van der Waals surface area (Å²) in [4.78, 5) is 31.6. The van der Waals surface area contributed by atoms with Crippen LogP contribution in [0.15, 0.2) is 101 Å². The summed E-state index contributed by atoms with van der Waals surface area (Å²) in [6.07, 6.45) is 1.71. The summed E-state index contributed by atoms with van der Waals surface area (Å²) < 4.78 is 11.5. The summed E-state index contributed by atoms with van der Waals surface area (Å²) >= 11 is 7.84. The van der Waals surface area contributed by atoms with E-state index in [1.54, 1.807) is 47.4 Å². The molecule has 43 heavy (non-hydrogen) atoms. The summed E-state index contributed by atoms with van der Waals surface area (Å²) in [5.74, 6) is -0.584. The summed E-state index contributed by atoms with van der Waals surface area (Å²) in [5.41, 5.74) is 3.45. The van der Waals surface area contributed by atoms with Gasteiger partial charge in [-0.1, -0.05) is 60.1 Å². The number of hydrogen-bond donors (Lipinski definition) is 1. The van der Waals surface area contributed by atoms with Crippen molar-refractivity contribution in [3.8, 4) is 17.6 Å². The predicted molar refractivity (Wildman–Crippen MR) is 167 cm³/mol. The van der Waals surface area contributed by atoms with Crippen LogP contribution in [0.2, 0.25) is 5.02 Å². The van der Waals surface area contributed by atoms with Gasteiger partial charge in [-0.15, -0.1) is 0 Å². The largest absolute Gasteiger partial charge is 0.493 e. The Bertz CT molecular complexity index is 1780. The van der Waals surface area contributed by atoms with Crippen LogP contribution in [0, 0.1) is 11.3 Å². The predicted octanol–water partition coefficient (Wildman–Crippen LogP) is 7.30. The van der Waals surface area contributed by atoms with Gasteiger partial charge in [-0.3, -0.25) is 9.69 Å². The smallest absolute Gasteiger partial charge is 0.335 e.